The highest BCUT2D eigenvalue weighted by atomic mass is 16.5. The topological polar surface area (TPSA) is 18.5 Å². The van der Waals surface area contributed by atoms with Crippen molar-refractivity contribution in [2.45, 2.75) is 30.8 Å². The van der Waals surface area contributed by atoms with Crippen molar-refractivity contribution < 1.29 is 9.47 Å². The molecule has 46 heavy (non-hydrogen) atoms. The van der Waals surface area contributed by atoms with Crippen LogP contribution in [0.4, 0.5) is 0 Å². The van der Waals surface area contributed by atoms with Crippen LogP contribution in [-0.4, -0.2) is 20.3 Å². The van der Waals surface area contributed by atoms with Gasteiger partial charge in [0.2, 0.25) is 0 Å². The summed E-state index contributed by atoms with van der Waals surface area (Å²) in [5, 5.41) is 0. The van der Waals surface area contributed by atoms with Gasteiger partial charge in [0.25, 0.3) is 0 Å². The molecule has 8 rings (SSSR count). The third-order valence-electron chi connectivity index (χ3n) is 10.3. The lowest BCUT2D eigenvalue weighted by molar-refractivity contribution is 0.0117. The molecule has 0 fully saturated rings. The van der Waals surface area contributed by atoms with Gasteiger partial charge in [0.1, 0.15) is 5.60 Å². The van der Waals surface area contributed by atoms with Crippen molar-refractivity contribution >= 4 is 0 Å². The van der Waals surface area contributed by atoms with E-state index in [1.165, 1.54) is 61.2 Å². The summed E-state index contributed by atoms with van der Waals surface area (Å²) >= 11 is 0. The van der Waals surface area contributed by atoms with E-state index in [1.807, 2.05) is 0 Å². The second-order valence-electron chi connectivity index (χ2n) is 12.7. The van der Waals surface area contributed by atoms with Gasteiger partial charge in [-0.05, 0) is 75.4 Å². The predicted octanol–water partition coefficient (Wildman–Crippen LogP) is 10.4. The molecule has 0 saturated carbocycles. The van der Waals surface area contributed by atoms with Gasteiger partial charge in [-0.25, -0.2) is 0 Å². The first kappa shape index (κ1) is 28.7. The van der Waals surface area contributed by atoms with Crippen molar-refractivity contribution in [3.8, 4) is 33.4 Å². The SMILES string of the molecule is COCCCCOC1(c2ccc(-c3ccc(C4(C)c5ccccc5-c5ccccc54)cc3)cc2)c2ccccc2-c2ccccc21. The Morgan fingerprint density at radius 2 is 0.826 bits per heavy atom. The van der Waals surface area contributed by atoms with Crippen LogP contribution < -0.4 is 0 Å². The third-order valence-corrected chi connectivity index (χ3v) is 10.3. The van der Waals surface area contributed by atoms with Crippen molar-refractivity contribution in [3.05, 3.63) is 179 Å². The molecular formula is C44H38O2. The molecule has 0 amide bonds. The van der Waals surface area contributed by atoms with Gasteiger partial charge in [-0.15, -0.1) is 0 Å². The summed E-state index contributed by atoms with van der Waals surface area (Å²) in [5.41, 5.74) is 14.4. The molecule has 6 aromatic rings. The van der Waals surface area contributed by atoms with Crippen molar-refractivity contribution in [1.29, 1.82) is 0 Å². The second-order valence-corrected chi connectivity index (χ2v) is 12.7. The van der Waals surface area contributed by atoms with Crippen molar-refractivity contribution in [2.75, 3.05) is 20.3 Å². The van der Waals surface area contributed by atoms with E-state index in [4.69, 9.17) is 9.47 Å². The molecule has 0 spiro atoms. The van der Waals surface area contributed by atoms with Crippen LogP contribution in [0.1, 0.15) is 53.1 Å². The molecule has 2 aliphatic rings. The lowest BCUT2D eigenvalue weighted by Gasteiger charge is -2.33. The minimum absolute atomic E-state index is 0.189. The van der Waals surface area contributed by atoms with E-state index in [-0.39, 0.29) is 5.41 Å². The average Bonchev–Trinajstić information content (AvgIpc) is 3.56. The number of ether oxygens (including phenoxy) is 2. The van der Waals surface area contributed by atoms with Crippen LogP contribution in [0.3, 0.4) is 0 Å². The highest BCUT2D eigenvalue weighted by Crippen LogP contribution is 2.54. The number of hydrogen-bond donors (Lipinski definition) is 0. The molecule has 0 N–H and O–H groups in total. The first-order valence-corrected chi connectivity index (χ1v) is 16.4. The van der Waals surface area contributed by atoms with Gasteiger partial charge in [-0.1, -0.05) is 146 Å². The minimum atomic E-state index is -0.652. The molecule has 0 saturated heterocycles. The van der Waals surface area contributed by atoms with E-state index in [2.05, 4.69) is 153 Å². The predicted molar refractivity (Wildman–Crippen MR) is 188 cm³/mol. The number of benzene rings is 6. The van der Waals surface area contributed by atoms with Crippen molar-refractivity contribution in [1.82, 2.24) is 0 Å². The Balaban J connectivity index is 1.15. The Hall–Kier alpha value is -4.76. The molecule has 0 radical (unpaired) electrons. The Morgan fingerprint density at radius 1 is 0.435 bits per heavy atom. The van der Waals surface area contributed by atoms with Crippen LogP contribution in [0.5, 0.6) is 0 Å². The highest BCUT2D eigenvalue weighted by Gasteiger charge is 2.45. The average molecular weight is 599 g/mol. The highest BCUT2D eigenvalue weighted by molar-refractivity contribution is 5.84. The fourth-order valence-electron chi connectivity index (χ4n) is 7.98. The molecule has 2 nitrogen and oxygen atoms in total. The summed E-state index contributed by atoms with van der Waals surface area (Å²) in [6.07, 6.45) is 1.92. The quantitative estimate of drug-likeness (QED) is 0.154. The van der Waals surface area contributed by atoms with Gasteiger partial charge in [0.05, 0.1) is 0 Å². The molecule has 2 aliphatic carbocycles. The van der Waals surface area contributed by atoms with Gasteiger partial charge in [-0.2, -0.15) is 0 Å². The maximum absolute atomic E-state index is 7.01. The van der Waals surface area contributed by atoms with E-state index in [1.54, 1.807) is 7.11 Å². The molecule has 0 aliphatic heterocycles. The van der Waals surface area contributed by atoms with Crippen molar-refractivity contribution in [3.63, 3.8) is 0 Å². The van der Waals surface area contributed by atoms with Crippen LogP contribution in [0.25, 0.3) is 33.4 Å². The summed E-state index contributed by atoms with van der Waals surface area (Å²) < 4.78 is 12.3. The summed E-state index contributed by atoms with van der Waals surface area (Å²) in [7, 11) is 1.76. The molecule has 0 atom stereocenters. The van der Waals surface area contributed by atoms with Gasteiger partial charge < -0.3 is 9.47 Å². The first-order valence-electron chi connectivity index (χ1n) is 16.4. The van der Waals surface area contributed by atoms with E-state index in [0.717, 1.165) is 25.0 Å². The zero-order valence-corrected chi connectivity index (χ0v) is 26.5. The van der Waals surface area contributed by atoms with E-state index in [9.17, 15) is 0 Å². The fourth-order valence-corrected chi connectivity index (χ4v) is 7.98. The molecule has 0 heterocycles. The lowest BCUT2D eigenvalue weighted by Crippen LogP contribution is -2.31. The molecule has 226 valence electrons. The fraction of sp³-hybridized carbons (Fsp3) is 0.182. The molecule has 0 aromatic heterocycles. The monoisotopic (exact) mass is 598 g/mol. The van der Waals surface area contributed by atoms with Crippen LogP contribution >= 0.6 is 0 Å². The summed E-state index contributed by atoms with van der Waals surface area (Å²) in [6.45, 7) is 3.77. The largest absolute Gasteiger partial charge is 0.385 e. The first-order chi connectivity index (χ1) is 22.7. The lowest BCUT2D eigenvalue weighted by atomic mass is 9.74. The number of rotatable bonds is 9. The van der Waals surface area contributed by atoms with E-state index in [0.29, 0.717) is 6.61 Å². The van der Waals surface area contributed by atoms with Crippen LogP contribution in [0, 0.1) is 0 Å². The van der Waals surface area contributed by atoms with E-state index < -0.39 is 5.60 Å². The summed E-state index contributed by atoms with van der Waals surface area (Å²) in [5.74, 6) is 0. The zero-order valence-electron chi connectivity index (χ0n) is 26.5. The standard InChI is InChI=1S/C44H38O2/c1-43(39-17-7-3-13-35(39)36-14-4-8-18-40(36)43)33-25-21-31(22-26-33)32-23-27-34(28-24-32)44(46-30-12-11-29-45-2)41-19-9-5-15-37(41)38-16-6-10-20-42(38)44/h3-10,13-28H,11-12,29-30H2,1-2H3. The maximum Gasteiger partial charge on any atom is 0.144 e. The van der Waals surface area contributed by atoms with Gasteiger partial charge in [0, 0.05) is 36.9 Å². The van der Waals surface area contributed by atoms with Crippen LogP contribution in [0.15, 0.2) is 146 Å². The van der Waals surface area contributed by atoms with Gasteiger partial charge in [0.15, 0.2) is 0 Å². The Morgan fingerprint density at radius 3 is 1.30 bits per heavy atom. The maximum atomic E-state index is 7.01. The smallest absolute Gasteiger partial charge is 0.144 e. The molecule has 0 bridgehead atoms. The van der Waals surface area contributed by atoms with Crippen molar-refractivity contribution in [2.24, 2.45) is 0 Å². The Kier molecular flexibility index (Phi) is 7.21. The third kappa shape index (κ3) is 4.32. The normalized spacial score (nSPS) is 14.7. The Labute approximate surface area is 272 Å². The molecule has 0 unspecified atom stereocenters. The second kappa shape index (κ2) is 11.6. The van der Waals surface area contributed by atoms with Crippen LogP contribution in [0.2, 0.25) is 0 Å². The van der Waals surface area contributed by atoms with Crippen LogP contribution in [-0.2, 0) is 20.5 Å². The van der Waals surface area contributed by atoms with Gasteiger partial charge in [-0.3, -0.25) is 0 Å². The molecule has 2 heteroatoms. The Bertz CT molecular complexity index is 1930. The number of unbranched alkanes of at least 4 members (excludes halogenated alkanes) is 1. The minimum Gasteiger partial charge on any atom is -0.385 e. The number of hydrogen-bond acceptors (Lipinski definition) is 2. The summed E-state index contributed by atoms with van der Waals surface area (Å²) in [6, 6.07) is 53.4. The van der Waals surface area contributed by atoms with E-state index >= 15 is 0 Å². The summed E-state index contributed by atoms with van der Waals surface area (Å²) in [4.78, 5) is 0. The van der Waals surface area contributed by atoms with Gasteiger partial charge >= 0.3 is 0 Å². The zero-order chi connectivity index (χ0) is 31.1. The molecular weight excluding hydrogens is 560 g/mol. The molecule has 6 aromatic carbocycles. The number of methoxy groups -OCH3 is 1. The number of fused-ring (bicyclic) bond motifs is 6.